The summed E-state index contributed by atoms with van der Waals surface area (Å²) in [6.07, 6.45) is 3.27. The molecule has 0 atom stereocenters. The summed E-state index contributed by atoms with van der Waals surface area (Å²) >= 11 is 5.58. The summed E-state index contributed by atoms with van der Waals surface area (Å²) < 4.78 is 1.91. The van der Waals surface area contributed by atoms with E-state index < -0.39 is 0 Å². The van der Waals surface area contributed by atoms with E-state index in [9.17, 15) is 0 Å². The van der Waals surface area contributed by atoms with Crippen LogP contribution in [0.2, 0.25) is 0 Å². The maximum absolute atomic E-state index is 5.58. The standard InChI is InChI=1S/C9H15ClN2/c1-8-7-9(11-12(8)2)5-3-4-6-10/h7H,3-6H2,1-2H3. The number of aryl methyl sites for hydroxylation is 3. The van der Waals surface area contributed by atoms with Crippen LogP contribution >= 0.6 is 11.6 Å². The lowest BCUT2D eigenvalue weighted by Gasteiger charge is -1.93. The molecule has 3 heteroatoms. The van der Waals surface area contributed by atoms with E-state index in [1.54, 1.807) is 0 Å². The van der Waals surface area contributed by atoms with Crippen LogP contribution in [0.25, 0.3) is 0 Å². The summed E-state index contributed by atoms with van der Waals surface area (Å²) in [5, 5.41) is 4.36. The maximum atomic E-state index is 5.58. The molecule has 68 valence electrons. The number of hydrogen-bond acceptors (Lipinski definition) is 1. The van der Waals surface area contributed by atoms with Gasteiger partial charge in [-0.15, -0.1) is 11.6 Å². The second-order valence-electron chi connectivity index (χ2n) is 3.05. The number of nitrogens with zero attached hydrogens (tertiary/aromatic N) is 2. The third kappa shape index (κ3) is 2.52. The molecule has 0 saturated carbocycles. The fraction of sp³-hybridized carbons (Fsp3) is 0.667. The normalized spacial score (nSPS) is 10.6. The van der Waals surface area contributed by atoms with Gasteiger partial charge in [-0.1, -0.05) is 0 Å². The van der Waals surface area contributed by atoms with E-state index in [4.69, 9.17) is 11.6 Å². The smallest absolute Gasteiger partial charge is 0.0627 e. The van der Waals surface area contributed by atoms with E-state index in [1.165, 1.54) is 11.4 Å². The Morgan fingerprint density at radius 1 is 1.50 bits per heavy atom. The predicted molar refractivity (Wildman–Crippen MR) is 51.6 cm³/mol. The van der Waals surface area contributed by atoms with Crippen molar-refractivity contribution in [2.24, 2.45) is 7.05 Å². The largest absolute Gasteiger partial charge is 0.273 e. The molecule has 0 aliphatic rings. The zero-order chi connectivity index (χ0) is 8.97. The molecule has 1 aromatic heterocycles. The molecule has 0 amide bonds. The lowest BCUT2D eigenvalue weighted by molar-refractivity contribution is 0.701. The van der Waals surface area contributed by atoms with Crippen LogP contribution in [-0.2, 0) is 13.5 Å². The first-order chi connectivity index (χ1) is 5.74. The van der Waals surface area contributed by atoms with Gasteiger partial charge in [-0.05, 0) is 32.3 Å². The van der Waals surface area contributed by atoms with E-state index in [0.717, 1.165) is 25.1 Å². The van der Waals surface area contributed by atoms with Crippen molar-refractivity contribution in [1.82, 2.24) is 9.78 Å². The first-order valence-corrected chi connectivity index (χ1v) is 4.83. The van der Waals surface area contributed by atoms with Crippen LogP contribution in [-0.4, -0.2) is 15.7 Å². The highest BCUT2D eigenvalue weighted by Crippen LogP contribution is 2.05. The Morgan fingerprint density at radius 3 is 2.75 bits per heavy atom. The molecule has 2 nitrogen and oxygen atoms in total. The molecule has 0 radical (unpaired) electrons. The van der Waals surface area contributed by atoms with Crippen LogP contribution in [0.4, 0.5) is 0 Å². The van der Waals surface area contributed by atoms with Gasteiger partial charge in [0, 0.05) is 18.6 Å². The van der Waals surface area contributed by atoms with Crippen molar-refractivity contribution in [3.05, 3.63) is 17.5 Å². The zero-order valence-electron chi connectivity index (χ0n) is 7.68. The number of aromatic nitrogens is 2. The maximum Gasteiger partial charge on any atom is 0.0627 e. The summed E-state index contributed by atoms with van der Waals surface area (Å²) in [6, 6.07) is 2.13. The lowest BCUT2D eigenvalue weighted by atomic mass is 10.2. The molecular formula is C9H15ClN2. The Kier molecular flexibility index (Phi) is 3.60. The van der Waals surface area contributed by atoms with Gasteiger partial charge in [0.1, 0.15) is 0 Å². The number of rotatable bonds is 4. The highest BCUT2D eigenvalue weighted by Gasteiger charge is 1.99. The topological polar surface area (TPSA) is 17.8 Å². The molecule has 0 fully saturated rings. The number of halogens is 1. The zero-order valence-corrected chi connectivity index (χ0v) is 8.43. The number of unbranched alkanes of at least 4 members (excludes halogenated alkanes) is 1. The molecule has 1 aromatic rings. The van der Waals surface area contributed by atoms with Gasteiger partial charge in [-0.3, -0.25) is 4.68 Å². The van der Waals surface area contributed by atoms with E-state index in [0.29, 0.717) is 0 Å². The summed E-state index contributed by atoms with van der Waals surface area (Å²) in [6.45, 7) is 2.07. The molecule has 0 unspecified atom stereocenters. The van der Waals surface area contributed by atoms with Crippen LogP contribution in [0.5, 0.6) is 0 Å². The van der Waals surface area contributed by atoms with Crippen LogP contribution in [0.1, 0.15) is 24.2 Å². The summed E-state index contributed by atoms with van der Waals surface area (Å²) in [7, 11) is 1.97. The number of hydrogen-bond donors (Lipinski definition) is 0. The van der Waals surface area contributed by atoms with Crippen molar-refractivity contribution in [3.8, 4) is 0 Å². The molecule has 1 rings (SSSR count). The Labute approximate surface area is 78.5 Å². The molecule has 0 aliphatic heterocycles. The van der Waals surface area contributed by atoms with E-state index >= 15 is 0 Å². The second kappa shape index (κ2) is 4.51. The van der Waals surface area contributed by atoms with Crippen LogP contribution < -0.4 is 0 Å². The van der Waals surface area contributed by atoms with Gasteiger partial charge in [0.2, 0.25) is 0 Å². The first-order valence-electron chi connectivity index (χ1n) is 4.29. The molecule has 0 N–H and O–H groups in total. The Bertz CT molecular complexity index is 223. The molecule has 0 aliphatic carbocycles. The molecule has 0 bridgehead atoms. The molecule has 0 spiro atoms. The minimum absolute atomic E-state index is 0.756. The van der Waals surface area contributed by atoms with Crippen molar-refractivity contribution >= 4 is 11.6 Å². The quantitative estimate of drug-likeness (QED) is 0.521. The molecular weight excluding hydrogens is 172 g/mol. The second-order valence-corrected chi connectivity index (χ2v) is 3.42. The van der Waals surface area contributed by atoms with Crippen molar-refractivity contribution in [2.75, 3.05) is 5.88 Å². The highest BCUT2D eigenvalue weighted by atomic mass is 35.5. The fourth-order valence-corrected chi connectivity index (χ4v) is 1.35. The van der Waals surface area contributed by atoms with Gasteiger partial charge in [0.15, 0.2) is 0 Å². The van der Waals surface area contributed by atoms with Gasteiger partial charge in [-0.25, -0.2) is 0 Å². The molecule has 1 heterocycles. The van der Waals surface area contributed by atoms with E-state index in [-0.39, 0.29) is 0 Å². The van der Waals surface area contributed by atoms with Crippen molar-refractivity contribution in [1.29, 1.82) is 0 Å². The molecule has 0 aromatic carbocycles. The number of alkyl halides is 1. The third-order valence-corrected chi connectivity index (χ3v) is 2.25. The van der Waals surface area contributed by atoms with Crippen molar-refractivity contribution in [2.45, 2.75) is 26.2 Å². The Hall–Kier alpha value is -0.500. The molecule has 0 saturated heterocycles. The first kappa shape index (κ1) is 9.59. The summed E-state index contributed by atoms with van der Waals surface area (Å²) in [4.78, 5) is 0. The van der Waals surface area contributed by atoms with Gasteiger partial charge >= 0.3 is 0 Å². The average molecular weight is 187 g/mol. The minimum atomic E-state index is 0.756. The van der Waals surface area contributed by atoms with Gasteiger partial charge in [0.05, 0.1) is 5.69 Å². The van der Waals surface area contributed by atoms with Gasteiger partial charge < -0.3 is 0 Å². The van der Waals surface area contributed by atoms with E-state index in [1.807, 2.05) is 11.7 Å². The summed E-state index contributed by atoms with van der Waals surface area (Å²) in [5.41, 5.74) is 2.40. The monoisotopic (exact) mass is 186 g/mol. The predicted octanol–water partition coefficient (Wildman–Crippen LogP) is 2.29. The van der Waals surface area contributed by atoms with E-state index in [2.05, 4.69) is 18.1 Å². The van der Waals surface area contributed by atoms with Crippen LogP contribution in [0.3, 0.4) is 0 Å². The Balaban J connectivity index is 2.42. The van der Waals surface area contributed by atoms with Crippen LogP contribution in [0, 0.1) is 6.92 Å². The van der Waals surface area contributed by atoms with Crippen LogP contribution in [0.15, 0.2) is 6.07 Å². The SMILES string of the molecule is Cc1cc(CCCCCl)nn1C. The summed E-state index contributed by atoms with van der Waals surface area (Å²) in [5.74, 6) is 0.756. The van der Waals surface area contributed by atoms with Gasteiger partial charge in [-0.2, -0.15) is 5.10 Å². The Morgan fingerprint density at radius 2 is 2.25 bits per heavy atom. The fourth-order valence-electron chi connectivity index (χ4n) is 1.16. The third-order valence-electron chi connectivity index (χ3n) is 1.98. The minimum Gasteiger partial charge on any atom is -0.273 e. The molecule has 12 heavy (non-hydrogen) atoms. The van der Waals surface area contributed by atoms with Crippen molar-refractivity contribution in [3.63, 3.8) is 0 Å². The van der Waals surface area contributed by atoms with Crippen molar-refractivity contribution < 1.29 is 0 Å². The lowest BCUT2D eigenvalue weighted by Crippen LogP contribution is -1.94. The van der Waals surface area contributed by atoms with Gasteiger partial charge in [0.25, 0.3) is 0 Å². The average Bonchev–Trinajstić information content (AvgIpc) is 2.32. The highest BCUT2D eigenvalue weighted by molar-refractivity contribution is 6.17.